The molecule has 8 heteroatoms. The van der Waals surface area contributed by atoms with Gasteiger partial charge in [0.05, 0.1) is 11.8 Å². The molecule has 0 radical (unpaired) electrons. The van der Waals surface area contributed by atoms with Gasteiger partial charge in [-0.1, -0.05) is 24.3 Å². The predicted molar refractivity (Wildman–Crippen MR) is 106 cm³/mol. The molecule has 28 heavy (non-hydrogen) atoms. The van der Waals surface area contributed by atoms with E-state index in [2.05, 4.69) is 34.4 Å². The lowest BCUT2D eigenvalue weighted by molar-refractivity contribution is -0.140. The first-order valence-corrected chi connectivity index (χ1v) is 9.70. The molecular formula is C20H29N5O3. The van der Waals surface area contributed by atoms with Crippen LogP contribution in [-0.4, -0.2) is 73.8 Å². The third-order valence-electron chi connectivity index (χ3n) is 5.62. The summed E-state index contributed by atoms with van der Waals surface area (Å²) in [7, 11) is 3.35. The van der Waals surface area contributed by atoms with Crippen LogP contribution in [0.3, 0.4) is 0 Å². The number of allylic oxidation sites excluding steroid dienone is 2. The average Bonchev–Trinajstić information content (AvgIpc) is 3.32. The maximum atomic E-state index is 12.7. The zero-order valence-corrected chi connectivity index (χ0v) is 16.8. The number of carbonyl (C=O) groups is 3. The number of fused-ring (bicyclic) bond motifs is 5. The maximum absolute atomic E-state index is 12.7. The molecule has 0 aromatic carbocycles. The summed E-state index contributed by atoms with van der Waals surface area (Å²) >= 11 is 0. The number of aliphatic imine (C=N–C) groups is 1. The highest BCUT2D eigenvalue weighted by Gasteiger charge is 2.58. The average molecular weight is 387 g/mol. The highest BCUT2D eigenvalue weighted by molar-refractivity contribution is 6.06. The van der Waals surface area contributed by atoms with E-state index in [9.17, 15) is 14.4 Å². The lowest BCUT2D eigenvalue weighted by Gasteiger charge is -2.19. The Morgan fingerprint density at radius 3 is 2.36 bits per heavy atom. The first-order chi connectivity index (χ1) is 13.3. The van der Waals surface area contributed by atoms with Crippen LogP contribution in [0.25, 0.3) is 0 Å². The number of hydrogen-bond acceptors (Lipinski definition) is 4. The molecule has 2 aliphatic carbocycles. The van der Waals surface area contributed by atoms with Crippen molar-refractivity contribution < 1.29 is 14.4 Å². The number of likely N-dealkylation sites (tertiary alicyclic amines) is 1. The summed E-state index contributed by atoms with van der Waals surface area (Å²) < 4.78 is 0. The van der Waals surface area contributed by atoms with Crippen LogP contribution in [0.4, 0.5) is 0 Å². The van der Waals surface area contributed by atoms with Crippen LogP contribution in [0.2, 0.25) is 0 Å². The van der Waals surface area contributed by atoms with Crippen molar-refractivity contribution in [3.8, 4) is 0 Å². The van der Waals surface area contributed by atoms with Gasteiger partial charge in [-0.2, -0.15) is 0 Å². The second-order valence-corrected chi connectivity index (χ2v) is 8.02. The summed E-state index contributed by atoms with van der Waals surface area (Å²) in [6.45, 7) is 6.92. The number of nitrogens with zero attached hydrogens (tertiary/aromatic N) is 3. The fourth-order valence-corrected chi connectivity index (χ4v) is 4.17. The smallest absolute Gasteiger partial charge is 0.243 e. The number of carbonyl (C=O) groups excluding carboxylic acids is 3. The highest BCUT2D eigenvalue weighted by Crippen LogP contribution is 2.52. The molecule has 2 N–H and O–H groups in total. The van der Waals surface area contributed by atoms with Gasteiger partial charge >= 0.3 is 0 Å². The van der Waals surface area contributed by atoms with E-state index in [-0.39, 0.29) is 47.9 Å². The van der Waals surface area contributed by atoms with Crippen LogP contribution >= 0.6 is 0 Å². The van der Waals surface area contributed by atoms with Gasteiger partial charge in [0.2, 0.25) is 17.7 Å². The molecule has 1 heterocycles. The van der Waals surface area contributed by atoms with Crippen molar-refractivity contribution in [1.29, 1.82) is 0 Å². The highest BCUT2D eigenvalue weighted by atomic mass is 16.2. The van der Waals surface area contributed by atoms with Gasteiger partial charge in [-0.05, 0) is 25.2 Å². The topological polar surface area (TPSA) is 94.1 Å². The molecule has 2 bridgehead atoms. The normalized spacial score (nSPS) is 28.0. The van der Waals surface area contributed by atoms with Gasteiger partial charge < -0.3 is 15.5 Å². The largest absolute Gasteiger partial charge is 0.355 e. The lowest BCUT2D eigenvalue weighted by atomic mass is 9.85. The summed E-state index contributed by atoms with van der Waals surface area (Å²) in [6.07, 6.45) is 5.11. The van der Waals surface area contributed by atoms with Crippen LogP contribution in [-0.2, 0) is 14.4 Å². The molecule has 8 nitrogen and oxygen atoms in total. The van der Waals surface area contributed by atoms with E-state index in [4.69, 9.17) is 0 Å². The SMILES string of the molecule is C=C(C)CNC(=NCC(=O)N(C)C)NCCN1C(=O)C2C3C=CC(C3)C2C1=O. The standard InChI is InChI=1S/C20H29N5O3/c1-12(2)10-22-20(23-11-15(26)24(3)4)21-7-8-25-18(27)16-13-5-6-14(9-13)17(16)19(25)28/h5-6,13-14,16-17H,1,7-11H2,2-4H3,(H2,21,22,23). The Kier molecular flexibility index (Phi) is 5.86. The van der Waals surface area contributed by atoms with Crippen molar-refractivity contribution in [3.63, 3.8) is 0 Å². The molecule has 4 atom stereocenters. The van der Waals surface area contributed by atoms with E-state index in [0.29, 0.717) is 25.6 Å². The number of guanidine groups is 1. The molecule has 4 unspecified atom stereocenters. The second-order valence-electron chi connectivity index (χ2n) is 8.02. The molecule has 3 amide bonds. The Morgan fingerprint density at radius 1 is 1.21 bits per heavy atom. The Bertz CT molecular complexity index is 712. The summed E-state index contributed by atoms with van der Waals surface area (Å²) in [4.78, 5) is 44.3. The van der Waals surface area contributed by atoms with Crippen molar-refractivity contribution in [2.75, 3.05) is 40.3 Å². The number of nitrogens with one attached hydrogen (secondary N) is 2. The first-order valence-electron chi connectivity index (χ1n) is 9.70. The minimum atomic E-state index is -0.171. The molecule has 1 saturated heterocycles. The van der Waals surface area contributed by atoms with E-state index in [1.165, 1.54) is 9.80 Å². The fraction of sp³-hybridized carbons (Fsp3) is 0.600. The molecule has 0 spiro atoms. The van der Waals surface area contributed by atoms with Gasteiger partial charge in [-0.3, -0.25) is 19.3 Å². The van der Waals surface area contributed by atoms with E-state index >= 15 is 0 Å². The third-order valence-corrected chi connectivity index (χ3v) is 5.62. The zero-order valence-electron chi connectivity index (χ0n) is 16.8. The molecule has 1 aliphatic heterocycles. The minimum Gasteiger partial charge on any atom is -0.355 e. The quantitative estimate of drug-likeness (QED) is 0.277. The van der Waals surface area contributed by atoms with Gasteiger partial charge in [0.15, 0.2) is 5.96 Å². The number of amides is 3. The van der Waals surface area contributed by atoms with Crippen LogP contribution in [0, 0.1) is 23.7 Å². The monoisotopic (exact) mass is 387 g/mol. The number of hydrogen-bond donors (Lipinski definition) is 2. The Hall–Kier alpha value is -2.64. The second kappa shape index (κ2) is 8.16. The van der Waals surface area contributed by atoms with Gasteiger partial charge in [0.25, 0.3) is 0 Å². The zero-order chi connectivity index (χ0) is 20.4. The van der Waals surface area contributed by atoms with Crippen molar-refractivity contribution >= 4 is 23.7 Å². The predicted octanol–water partition coefficient (Wildman–Crippen LogP) is -0.00700. The van der Waals surface area contributed by atoms with Gasteiger partial charge in [-0.15, -0.1) is 0 Å². The van der Waals surface area contributed by atoms with Gasteiger partial charge in [-0.25, -0.2) is 4.99 Å². The Labute approximate surface area is 165 Å². The molecule has 152 valence electrons. The fourth-order valence-electron chi connectivity index (χ4n) is 4.17. The summed E-state index contributed by atoms with van der Waals surface area (Å²) in [5, 5.41) is 6.20. The van der Waals surface area contributed by atoms with Gasteiger partial charge in [0, 0.05) is 33.7 Å². The molecule has 2 fully saturated rings. The van der Waals surface area contributed by atoms with Crippen LogP contribution in [0.15, 0.2) is 29.3 Å². The number of imide groups is 1. The Balaban J connectivity index is 1.55. The van der Waals surface area contributed by atoms with E-state index in [1.807, 2.05) is 6.92 Å². The van der Waals surface area contributed by atoms with E-state index < -0.39 is 0 Å². The van der Waals surface area contributed by atoms with Crippen molar-refractivity contribution in [2.45, 2.75) is 13.3 Å². The lowest BCUT2D eigenvalue weighted by Crippen LogP contribution is -2.44. The first kappa shape index (κ1) is 20.1. The summed E-state index contributed by atoms with van der Waals surface area (Å²) in [5.74, 6) is 0.336. The van der Waals surface area contributed by atoms with Crippen LogP contribution in [0.1, 0.15) is 13.3 Å². The van der Waals surface area contributed by atoms with Crippen molar-refractivity contribution in [2.24, 2.45) is 28.7 Å². The van der Waals surface area contributed by atoms with Crippen LogP contribution in [0.5, 0.6) is 0 Å². The number of likely N-dealkylation sites (N-methyl/N-ethyl adjacent to an activating group) is 1. The molecule has 1 saturated carbocycles. The van der Waals surface area contributed by atoms with E-state index in [1.54, 1.807) is 14.1 Å². The minimum absolute atomic E-state index is 0.0132. The van der Waals surface area contributed by atoms with Crippen molar-refractivity contribution in [3.05, 3.63) is 24.3 Å². The molecule has 0 aromatic heterocycles. The van der Waals surface area contributed by atoms with E-state index in [0.717, 1.165) is 12.0 Å². The molecular weight excluding hydrogens is 358 g/mol. The molecule has 3 aliphatic rings. The van der Waals surface area contributed by atoms with Crippen LogP contribution < -0.4 is 10.6 Å². The third kappa shape index (κ3) is 3.95. The van der Waals surface area contributed by atoms with Crippen molar-refractivity contribution in [1.82, 2.24) is 20.4 Å². The Morgan fingerprint density at radius 2 is 1.82 bits per heavy atom. The maximum Gasteiger partial charge on any atom is 0.243 e. The molecule has 3 rings (SSSR count). The summed E-state index contributed by atoms with van der Waals surface area (Å²) in [5.41, 5.74) is 0.925. The molecule has 0 aromatic rings. The summed E-state index contributed by atoms with van der Waals surface area (Å²) in [6, 6.07) is 0. The number of rotatable bonds is 7. The van der Waals surface area contributed by atoms with Gasteiger partial charge in [0.1, 0.15) is 6.54 Å².